The van der Waals surface area contributed by atoms with Crippen molar-refractivity contribution in [1.29, 1.82) is 0 Å². The molecule has 0 amide bonds. The molecule has 2 nitrogen and oxygen atoms in total. The van der Waals surface area contributed by atoms with Crippen LogP contribution in [0.3, 0.4) is 0 Å². The van der Waals surface area contributed by atoms with Gasteiger partial charge < -0.3 is 0 Å². The predicted octanol–water partition coefficient (Wildman–Crippen LogP) is 2.09. The Bertz CT molecular complexity index is 278. The summed E-state index contributed by atoms with van der Waals surface area (Å²) in [6, 6.07) is 0. The Morgan fingerprint density at radius 1 is 1.50 bits per heavy atom. The number of hydrogen-bond donors (Lipinski definition) is 1. The molecule has 0 aromatic carbocycles. The topological polar surface area (TPSA) is 25.8 Å². The Labute approximate surface area is 77.4 Å². The van der Waals surface area contributed by atoms with Crippen molar-refractivity contribution in [3.63, 3.8) is 0 Å². The van der Waals surface area contributed by atoms with E-state index in [1.165, 1.54) is 16.8 Å². The van der Waals surface area contributed by atoms with Crippen molar-refractivity contribution in [2.75, 3.05) is 0 Å². The van der Waals surface area contributed by atoms with E-state index in [-0.39, 0.29) is 12.8 Å². The summed E-state index contributed by atoms with van der Waals surface area (Å²) in [5.74, 6) is -2.56. The highest BCUT2D eigenvalue weighted by atomic mass is 32.1. The molecule has 0 unspecified atom stereocenters. The van der Waals surface area contributed by atoms with Crippen LogP contribution in [0.25, 0.3) is 0 Å². The van der Waals surface area contributed by atoms with Crippen molar-refractivity contribution >= 4 is 24.0 Å². The Hall–Kier alpha value is -0.230. The van der Waals surface area contributed by atoms with Gasteiger partial charge in [0.05, 0.1) is 4.75 Å². The standard InChI is InChI=1S/C6H6F2N2S2/c7-6(8)1-5(11,2-6)4-10-9-3-12-4/h3,11H,1-2H2. The fourth-order valence-corrected chi connectivity index (χ4v) is 2.65. The fourth-order valence-electron chi connectivity index (χ4n) is 1.33. The molecule has 0 bridgehead atoms. The molecule has 1 saturated carbocycles. The fraction of sp³-hybridized carbons (Fsp3) is 0.667. The van der Waals surface area contributed by atoms with Crippen molar-refractivity contribution in [3.8, 4) is 0 Å². The molecule has 0 saturated heterocycles. The third-order valence-electron chi connectivity index (χ3n) is 1.86. The molecule has 2 rings (SSSR count). The molecule has 0 radical (unpaired) electrons. The van der Waals surface area contributed by atoms with Crippen LogP contribution in [0.5, 0.6) is 0 Å². The lowest BCUT2D eigenvalue weighted by Gasteiger charge is -2.41. The van der Waals surface area contributed by atoms with Crippen LogP contribution in [-0.4, -0.2) is 16.1 Å². The number of thiol groups is 1. The zero-order chi connectivity index (χ0) is 8.82. The number of halogens is 2. The number of aromatic nitrogens is 2. The highest BCUT2D eigenvalue weighted by Gasteiger charge is 2.57. The molecular weight excluding hydrogens is 202 g/mol. The van der Waals surface area contributed by atoms with E-state index in [9.17, 15) is 8.78 Å². The van der Waals surface area contributed by atoms with E-state index in [1.54, 1.807) is 0 Å². The Morgan fingerprint density at radius 3 is 2.58 bits per heavy atom. The summed E-state index contributed by atoms with van der Waals surface area (Å²) in [4.78, 5) is 0. The summed E-state index contributed by atoms with van der Waals surface area (Å²) < 4.78 is 24.3. The third kappa shape index (κ3) is 1.22. The van der Waals surface area contributed by atoms with E-state index in [0.717, 1.165) is 0 Å². The predicted molar refractivity (Wildman–Crippen MR) is 44.8 cm³/mol. The molecule has 66 valence electrons. The van der Waals surface area contributed by atoms with Crippen molar-refractivity contribution < 1.29 is 8.78 Å². The zero-order valence-electron chi connectivity index (χ0n) is 6.00. The van der Waals surface area contributed by atoms with Gasteiger partial charge in [-0.1, -0.05) is 0 Å². The average molecular weight is 208 g/mol. The van der Waals surface area contributed by atoms with Gasteiger partial charge in [0.1, 0.15) is 10.5 Å². The highest BCUT2D eigenvalue weighted by Crippen LogP contribution is 2.55. The van der Waals surface area contributed by atoms with Crippen LogP contribution < -0.4 is 0 Å². The molecule has 1 aromatic heterocycles. The zero-order valence-corrected chi connectivity index (χ0v) is 7.71. The third-order valence-corrected chi connectivity index (χ3v) is 3.43. The van der Waals surface area contributed by atoms with Crippen LogP contribution in [0.1, 0.15) is 17.8 Å². The summed E-state index contributed by atoms with van der Waals surface area (Å²) in [7, 11) is 0. The smallest absolute Gasteiger partial charge is 0.207 e. The second-order valence-electron chi connectivity index (χ2n) is 2.98. The highest BCUT2D eigenvalue weighted by molar-refractivity contribution is 7.81. The number of nitrogens with zero attached hydrogens (tertiary/aromatic N) is 2. The van der Waals surface area contributed by atoms with Gasteiger partial charge in [-0.3, -0.25) is 0 Å². The molecule has 1 heterocycles. The van der Waals surface area contributed by atoms with Crippen LogP contribution in [-0.2, 0) is 4.75 Å². The van der Waals surface area contributed by atoms with Gasteiger partial charge in [-0.15, -0.1) is 21.5 Å². The van der Waals surface area contributed by atoms with Gasteiger partial charge in [-0.2, -0.15) is 12.6 Å². The van der Waals surface area contributed by atoms with Crippen molar-refractivity contribution in [3.05, 3.63) is 10.5 Å². The molecule has 0 atom stereocenters. The summed E-state index contributed by atoms with van der Waals surface area (Å²) in [6.07, 6.45) is -0.448. The van der Waals surface area contributed by atoms with Gasteiger partial charge in [0.15, 0.2) is 0 Å². The van der Waals surface area contributed by atoms with E-state index in [4.69, 9.17) is 0 Å². The maximum Gasteiger partial charge on any atom is 0.251 e. The first-order valence-corrected chi connectivity index (χ1v) is 4.71. The minimum Gasteiger partial charge on any atom is -0.207 e. The van der Waals surface area contributed by atoms with E-state index >= 15 is 0 Å². The molecule has 1 aliphatic carbocycles. The molecule has 0 aliphatic heterocycles. The largest absolute Gasteiger partial charge is 0.251 e. The molecule has 1 fully saturated rings. The second kappa shape index (κ2) is 2.38. The van der Waals surface area contributed by atoms with Crippen LogP contribution in [0, 0.1) is 0 Å². The molecule has 1 aliphatic rings. The van der Waals surface area contributed by atoms with Gasteiger partial charge in [0.25, 0.3) is 5.92 Å². The van der Waals surface area contributed by atoms with Crippen molar-refractivity contribution in [2.45, 2.75) is 23.5 Å². The van der Waals surface area contributed by atoms with E-state index in [2.05, 4.69) is 22.8 Å². The average Bonchev–Trinajstić information content (AvgIpc) is 2.31. The quantitative estimate of drug-likeness (QED) is 0.715. The first-order chi connectivity index (χ1) is 5.52. The first kappa shape index (κ1) is 8.37. The van der Waals surface area contributed by atoms with Crippen LogP contribution >= 0.6 is 24.0 Å². The van der Waals surface area contributed by atoms with E-state index < -0.39 is 10.7 Å². The summed E-state index contributed by atoms with van der Waals surface area (Å²) in [5.41, 5.74) is 1.53. The van der Waals surface area contributed by atoms with Crippen LogP contribution in [0.15, 0.2) is 5.51 Å². The van der Waals surface area contributed by atoms with Gasteiger partial charge >= 0.3 is 0 Å². The Balaban J connectivity index is 2.18. The van der Waals surface area contributed by atoms with Gasteiger partial charge in [0, 0.05) is 12.8 Å². The Kier molecular flexibility index (Phi) is 1.66. The second-order valence-corrected chi connectivity index (χ2v) is 4.67. The molecule has 12 heavy (non-hydrogen) atoms. The number of alkyl halides is 2. The minimum absolute atomic E-state index is 0.224. The van der Waals surface area contributed by atoms with Crippen LogP contribution in [0.2, 0.25) is 0 Å². The first-order valence-electron chi connectivity index (χ1n) is 3.39. The summed E-state index contributed by atoms with van der Waals surface area (Å²) in [6.45, 7) is 0. The molecule has 0 N–H and O–H groups in total. The van der Waals surface area contributed by atoms with Crippen molar-refractivity contribution in [1.82, 2.24) is 10.2 Å². The van der Waals surface area contributed by atoms with Gasteiger partial charge in [-0.25, -0.2) is 8.78 Å². The SMILES string of the molecule is FC1(F)CC(S)(c2nncs2)C1. The monoisotopic (exact) mass is 208 g/mol. The molecule has 6 heteroatoms. The van der Waals surface area contributed by atoms with Crippen molar-refractivity contribution in [2.24, 2.45) is 0 Å². The minimum atomic E-state index is -2.56. The lowest BCUT2D eigenvalue weighted by atomic mass is 9.81. The molecular formula is C6H6F2N2S2. The lowest BCUT2D eigenvalue weighted by Crippen LogP contribution is -2.45. The summed E-state index contributed by atoms with van der Waals surface area (Å²) in [5, 5.41) is 7.92. The summed E-state index contributed by atoms with van der Waals surface area (Å²) >= 11 is 5.44. The van der Waals surface area contributed by atoms with E-state index in [0.29, 0.717) is 5.01 Å². The normalized spacial score (nSPS) is 24.9. The maximum atomic E-state index is 12.5. The van der Waals surface area contributed by atoms with Gasteiger partial charge in [0.2, 0.25) is 0 Å². The molecule has 1 aromatic rings. The Morgan fingerprint density at radius 2 is 2.17 bits per heavy atom. The van der Waals surface area contributed by atoms with Gasteiger partial charge in [-0.05, 0) is 0 Å². The van der Waals surface area contributed by atoms with Crippen LogP contribution in [0.4, 0.5) is 8.78 Å². The molecule has 0 spiro atoms. The number of hydrogen-bond acceptors (Lipinski definition) is 4. The maximum absolute atomic E-state index is 12.5. The lowest BCUT2D eigenvalue weighted by molar-refractivity contribution is -0.0972. The van der Waals surface area contributed by atoms with E-state index in [1.807, 2.05) is 0 Å². The number of rotatable bonds is 1.